The summed E-state index contributed by atoms with van der Waals surface area (Å²) in [5.74, 6) is 0.671. The number of hydrogen-bond donors (Lipinski definition) is 0. The Kier molecular flexibility index (Phi) is 4.39. The van der Waals surface area contributed by atoms with E-state index >= 15 is 0 Å². The lowest BCUT2D eigenvalue weighted by molar-refractivity contribution is 0.0651. The van der Waals surface area contributed by atoms with Crippen LogP contribution < -0.4 is 4.74 Å². The number of carbonyl (C=O) groups excluding carboxylic acids is 1. The average Bonchev–Trinajstić information content (AvgIpc) is 3.01. The third kappa shape index (κ3) is 3.44. The first-order valence-electron chi connectivity index (χ1n) is 8.62. The first-order valence-corrected chi connectivity index (χ1v) is 8.62. The van der Waals surface area contributed by atoms with E-state index < -0.39 is 0 Å². The minimum absolute atomic E-state index is 0.0352. The molecular formula is C20H20N4O2. The molecule has 0 aromatic carbocycles. The van der Waals surface area contributed by atoms with Crippen molar-refractivity contribution in [2.24, 2.45) is 0 Å². The third-order valence-electron chi connectivity index (χ3n) is 4.48. The van der Waals surface area contributed by atoms with Crippen molar-refractivity contribution in [3.63, 3.8) is 0 Å². The highest BCUT2D eigenvalue weighted by atomic mass is 16.5. The fourth-order valence-electron chi connectivity index (χ4n) is 3.17. The molecule has 1 aliphatic heterocycles. The number of pyridine rings is 2. The van der Waals surface area contributed by atoms with Crippen molar-refractivity contribution in [1.82, 2.24) is 19.4 Å². The topological polar surface area (TPSA) is 60.2 Å². The molecule has 132 valence electrons. The number of fused-ring (bicyclic) bond motifs is 1. The molecule has 1 aliphatic rings. The summed E-state index contributed by atoms with van der Waals surface area (Å²) < 4.78 is 8.24. The van der Waals surface area contributed by atoms with Crippen LogP contribution in [0.2, 0.25) is 0 Å². The zero-order chi connectivity index (χ0) is 17.9. The van der Waals surface area contributed by atoms with E-state index in [0.717, 1.165) is 11.4 Å². The summed E-state index contributed by atoms with van der Waals surface area (Å²) in [5, 5.41) is 0. The van der Waals surface area contributed by atoms with E-state index in [1.807, 2.05) is 54.4 Å². The highest BCUT2D eigenvalue weighted by Crippen LogP contribution is 2.19. The van der Waals surface area contributed by atoms with Crippen LogP contribution in [0.1, 0.15) is 21.7 Å². The molecule has 6 nitrogen and oxygen atoms in total. The molecule has 0 bridgehead atoms. The molecular weight excluding hydrogens is 328 g/mol. The van der Waals surface area contributed by atoms with Crippen LogP contribution in [0.3, 0.4) is 0 Å². The maximum Gasteiger partial charge on any atom is 0.255 e. The third-order valence-corrected chi connectivity index (χ3v) is 4.48. The molecule has 3 aromatic rings. The number of nitrogens with zero attached hydrogens (tertiary/aromatic N) is 4. The van der Waals surface area contributed by atoms with Crippen LogP contribution in [0.5, 0.6) is 5.75 Å². The van der Waals surface area contributed by atoms with Crippen LogP contribution in [0.15, 0.2) is 61.2 Å². The van der Waals surface area contributed by atoms with Crippen LogP contribution in [-0.2, 0) is 13.1 Å². The lowest BCUT2D eigenvalue weighted by Gasteiger charge is -2.25. The molecule has 0 saturated carbocycles. The summed E-state index contributed by atoms with van der Waals surface area (Å²) in [6, 6.07) is 11.4. The summed E-state index contributed by atoms with van der Waals surface area (Å²) in [6.45, 7) is 3.65. The number of aromatic nitrogens is 3. The van der Waals surface area contributed by atoms with E-state index in [4.69, 9.17) is 4.74 Å². The molecule has 1 atom stereocenters. The SMILES string of the molecule is Cc1ccc(C(=O)N2Cc3cccn3CC(Oc3cccnc3)C2)cn1. The maximum atomic E-state index is 13.0. The van der Waals surface area contributed by atoms with Gasteiger partial charge in [0, 0.05) is 30.0 Å². The number of rotatable bonds is 3. The second-order valence-electron chi connectivity index (χ2n) is 6.45. The first kappa shape index (κ1) is 16.3. The predicted octanol–water partition coefficient (Wildman–Crippen LogP) is 2.69. The van der Waals surface area contributed by atoms with E-state index in [2.05, 4.69) is 14.5 Å². The molecule has 0 N–H and O–H groups in total. The zero-order valence-electron chi connectivity index (χ0n) is 14.6. The Bertz CT molecular complexity index is 890. The van der Waals surface area contributed by atoms with Gasteiger partial charge in [-0.25, -0.2) is 0 Å². The van der Waals surface area contributed by atoms with Gasteiger partial charge in [0.05, 0.1) is 31.4 Å². The van der Waals surface area contributed by atoms with Gasteiger partial charge in [0.1, 0.15) is 11.9 Å². The standard InChI is InChI=1S/C20H20N4O2/c1-15-6-7-16(10-22-15)20(25)24-12-17-4-3-9-23(17)13-19(14-24)26-18-5-2-8-21-11-18/h2-11,19H,12-14H2,1H3. The molecule has 1 amide bonds. The van der Waals surface area contributed by atoms with Gasteiger partial charge in [0.2, 0.25) is 0 Å². The fraction of sp³-hybridized carbons (Fsp3) is 0.250. The van der Waals surface area contributed by atoms with E-state index in [9.17, 15) is 4.79 Å². The monoisotopic (exact) mass is 348 g/mol. The van der Waals surface area contributed by atoms with Crippen molar-refractivity contribution in [1.29, 1.82) is 0 Å². The van der Waals surface area contributed by atoms with Gasteiger partial charge in [-0.2, -0.15) is 0 Å². The largest absolute Gasteiger partial charge is 0.485 e. The van der Waals surface area contributed by atoms with E-state index in [1.165, 1.54) is 0 Å². The van der Waals surface area contributed by atoms with Crippen LogP contribution in [-0.4, -0.2) is 38.0 Å². The average molecular weight is 348 g/mol. The highest BCUT2D eigenvalue weighted by Gasteiger charge is 2.27. The predicted molar refractivity (Wildman–Crippen MR) is 96.8 cm³/mol. The fourth-order valence-corrected chi connectivity index (χ4v) is 3.17. The van der Waals surface area contributed by atoms with Crippen molar-refractivity contribution >= 4 is 5.91 Å². The number of amides is 1. The van der Waals surface area contributed by atoms with Crippen LogP contribution in [0, 0.1) is 6.92 Å². The zero-order valence-corrected chi connectivity index (χ0v) is 14.6. The van der Waals surface area contributed by atoms with Gasteiger partial charge >= 0.3 is 0 Å². The van der Waals surface area contributed by atoms with Gasteiger partial charge in [-0.3, -0.25) is 14.8 Å². The van der Waals surface area contributed by atoms with Gasteiger partial charge in [-0.15, -0.1) is 0 Å². The van der Waals surface area contributed by atoms with Crippen LogP contribution >= 0.6 is 0 Å². The highest BCUT2D eigenvalue weighted by molar-refractivity contribution is 5.93. The molecule has 26 heavy (non-hydrogen) atoms. The molecule has 1 unspecified atom stereocenters. The Morgan fingerprint density at radius 3 is 2.85 bits per heavy atom. The Morgan fingerprint density at radius 1 is 1.15 bits per heavy atom. The molecule has 4 rings (SSSR count). The smallest absolute Gasteiger partial charge is 0.255 e. The summed E-state index contributed by atoms with van der Waals surface area (Å²) >= 11 is 0. The Hall–Kier alpha value is -3.15. The number of aryl methyl sites for hydroxylation is 1. The molecule has 4 heterocycles. The number of carbonyl (C=O) groups is 1. The maximum absolute atomic E-state index is 13.0. The second kappa shape index (κ2) is 7.00. The molecule has 6 heteroatoms. The van der Waals surface area contributed by atoms with Crippen molar-refractivity contribution < 1.29 is 9.53 Å². The summed E-state index contributed by atoms with van der Waals surface area (Å²) in [6.07, 6.45) is 6.91. The lowest BCUT2D eigenvalue weighted by atomic mass is 10.2. The van der Waals surface area contributed by atoms with E-state index in [1.54, 1.807) is 18.6 Å². The van der Waals surface area contributed by atoms with Gasteiger partial charge in [0.25, 0.3) is 5.91 Å². The minimum Gasteiger partial charge on any atom is -0.485 e. The molecule has 0 spiro atoms. The van der Waals surface area contributed by atoms with Crippen LogP contribution in [0.25, 0.3) is 0 Å². The van der Waals surface area contributed by atoms with Gasteiger partial charge < -0.3 is 14.2 Å². The summed E-state index contributed by atoms with van der Waals surface area (Å²) in [4.78, 5) is 23.2. The van der Waals surface area contributed by atoms with E-state index in [0.29, 0.717) is 30.9 Å². The summed E-state index contributed by atoms with van der Waals surface area (Å²) in [7, 11) is 0. The minimum atomic E-state index is -0.157. The quantitative estimate of drug-likeness (QED) is 0.730. The summed E-state index contributed by atoms with van der Waals surface area (Å²) in [5.41, 5.74) is 2.58. The molecule has 0 fully saturated rings. The van der Waals surface area contributed by atoms with Gasteiger partial charge in [-0.1, -0.05) is 0 Å². The molecule has 0 radical (unpaired) electrons. The number of ether oxygens (including phenoxy) is 1. The van der Waals surface area contributed by atoms with Crippen molar-refractivity contribution in [3.05, 3.63) is 78.1 Å². The van der Waals surface area contributed by atoms with Crippen molar-refractivity contribution in [2.75, 3.05) is 6.54 Å². The van der Waals surface area contributed by atoms with Crippen molar-refractivity contribution in [3.8, 4) is 5.75 Å². The number of hydrogen-bond acceptors (Lipinski definition) is 4. The Morgan fingerprint density at radius 2 is 2.08 bits per heavy atom. The molecule has 0 saturated heterocycles. The van der Waals surface area contributed by atoms with Gasteiger partial charge in [0.15, 0.2) is 0 Å². The Balaban J connectivity index is 1.59. The first-order chi connectivity index (χ1) is 12.7. The molecule has 0 aliphatic carbocycles. The Labute approximate surface area is 152 Å². The molecule has 3 aromatic heterocycles. The van der Waals surface area contributed by atoms with E-state index in [-0.39, 0.29) is 12.0 Å². The normalized spacial score (nSPS) is 16.7. The van der Waals surface area contributed by atoms with Crippen molar-refractivity contribution in [2.45, 2.75) is 26.1 Å². The van der Waals surface area contributed by atoms with Gasteiger partial charge in [-0.05, 0) is 43.3 Å². The van der Waals surface area contributed by atoms with Crippen LogP contribution in [0.4, 0.5) is 0 Å². The lowest BCUT2D eigenvalue weighted by Crippen LogP contribution is -2.38. The second-order valence-corrected chi connectivity index (χ2v) is 6.45.